The molecule has 1 aromatic heterocycles. The van der Waals surface area contributed by atoms with E-state index in [1.54, 1.807) is 7.11 Å². The smallest absolute Gasteiger partial charge is 0.152 e. The van der Waals surface area contributed by atoms with E-state index in [1.807, 2.05) is 6.07 Å². The van der Waals surface area contributed by atoms with Crippen molar-refractivity contribution in [3.8, 4) is 17.2 Å². The zero-order chi connectivity index (χ0) is 19.1. The Hall–Kier alpha value is -2.72. The van der Waals surface area contributed by atoms with Gasteiger partial charge in [-0.2, -0.15) is 0 Å². The van der Waals surface area contributed by atoms with Gasteiger partial charge in [0.25, 0.3) is 0 Å². The molecule has 0 unspecified atom stereocenters. The first-order chi connectivity index (χ1) is 13.7. The fraction of sp³-hybridized carbons (Fsp3) is 0.333. The van der Waals surface area contributed by atoms with E-state index < -0.39 is 0 Å². The lowest BCUT2D eigenvalue weighted by Gasteiger charge is -2.45. The summed E-state index contributed by atoms with van der Waals surface area (Å²) < 4.78 is 14.4. The average Bonchev–Trinajstić information content (AvgIpc) is 3.21. The SMILES string of the molecule is COc1cccc(CN2CCC3(CC2)Oc2cc(C)ccc2-n2cccc23)c1. The van der Waals surface area contributed by atoms with E-state index in [4.69, 9.17) is 9.47 Å². The number of benzene rings is 2. The van der Waals surface area contributed by atoms with E-state index in [1.165, 1.54) is 16.8 Å². The number of fused-ring (bicyclic) bond motifs is 4. The Labute approximate surface area is 166 Å². The second kappa shape index (κ2) is 6.71. The van der Waals surface area contributed by atoms with Gasteiger partial charge < -0.3 is 14.0 Å². The summed E-state index contributed by atoms with van der Waals surface area (Å²) in [5.74, 6) is 1.93. The molecule has 28 heavy (non-hydrogen) atoms. The van der Waals surface area contributed by atoms with Gasteiger partial charge in [-0.25, -0.2) is 0 Å². The van der Waals surface area contributed by atoms with Gasteiger partial charge in [-0.3, -0.25) is 4.90 Å². The molecule has 1 saturated heterocycles. The molecule has 0 aliphatic carbocycles. The van der Waals surface area contributed by atoms with Crippen LogP contribution in [0.3, 0.4) is 0 Å². The standard InChI is InChI=1S/C24H26N2O2/c1-18-8-9-21-22(15-18)28-24(23-7-4-12-26(21)23)10-13-25(14-11-24)17-19-5-3-6-20(16-19)27-2/h3-9,12,15-16H,10-11,13-14,17H2,1-2H3. The largest absolute Gasteiger partial charge is 0.497 e. The monoisotopic (exact) mass is 374 g/mol. The van der Waals surface area contributed by atoms with Gasteiger partial charge in [-0.05, 0) is 54.4 Å². The van der Waals surface area contributed by atoms with Gasteiger partial charge in [0, 0.05) is 38.7 Å². The maximum absolute atomic E-state index is 6.69. The number of nitrogens with zero attached hydrogens (tertiary/aromatic N) is 2. The predicted molar refractivity (Wildman–Crippen MR) is 110 cm³/mol. The molecular weight excluding hydrogens is 348 g/mol. The van der Waals surface area contributed by atoms with Gasteiger partial charge in [-0.1, -0.05) is 18.2 Å². The molecule has 1 fully saturated rings. The van der Waals surface area contributed by atoms with Crippen LogP contribution in [-0.4, -0.2) is 29.7 Å². The Morgan fingerprint density at radius 3 is 2.71 bits per heavy atom. The summed E-state index contributed by atoms with van der Waals surface area (Å²) in [6.07, 6.45) is 4.15. The number of piperidine rings is 1. The number of aryl methyl sites for hydroxylation is 1. The van der Waals surface area contributed by atoms with Crippen LogP contribution in [0.25, 0.3) is 5.69 Å². The number of hydrogen-bond donors (Lipinski definition) is 0. The van der Waals surface area contributed by atoms with Crippen LogP contribution in [-0.2, 0) is 12.1 Å². The molecule has 5 rings (SSSR count). The van der Waals surface area contributed by atoms with Crippen molar-refractivity contribution >= 4 is 0 Å². The van der Waals surface area contributed by atoms with Gasteiger partial charge in [0.05, 0.1) is 18.5 Å². The van der Waals surface area contributed by atoms with E-state index in [-0.39, 0.29) is 5.60 Å². The third-order valence-electron chi connectivity index (χ3n) is 6.10. The lowest BCUT2D eigenvalue weighted by molar-refractivity contribution is -0.0151. The molecule has 2 aliphatic heterocycles. The van der Waals surface area contributed by atoms with E-state index in [0.717, 1.165) is 49.7 Å². The third-order valence-corrected chi connectivity index (χ3v) is 6.10. The summed E-state index contributed by atoms with van der Waals surface area (Å²) in [6.45, 7) is 5.11. The molecule has 4 heteroatoms. The number of methoxy groups -OCH3 is 1. The van der Waals surface area contributed by atoms with Gasteiger partial charge in [0.1, 0.15) is 11.5 Å². The molecule has 2 aromatic carbocycles. The highest BCUT2D eigenvalue weighted by Gasteiger charge is 2.43. The van der Waals surface area contributed by atoms with Crippen molar-refractivity contribution in [1.82, 2.24) is 9.47 Å². The quantitative estimate of drug-likeness (QED) is 0.666. The molecule has 4 nitrogen and oxygen atoms in total. The van der Waals surface area contributed by atoms with Crippen molar-refractivity contribution in [3.63, 3.8) is 0 Å². The van der Waals surface area contributed by atoms with E-state index in [2.05, 4.69) is 71.1 Å². The van der Waals surface area contributed by atoms with Gasteiger partial charge in [-0.15, -0.1) is 0 Å². The summed E-state index contributed by atoms with van der Waals surface area (Å²) in [4.78, 5) is 2.52. The number of ether oxygens (including phenoxy) is 2. The minimum atomic E-state index is -0.227. The molecule has 0 radical (unpaired) electrons. The summed E-state index contributed by atoms with van der Waals surface area (Å²) in [6, 6.07) is 19.2. The summed E-state index contributed by atoms with van der Waals surface area (Å²) >= 11 is 0. The van der Waals surface area contributed by atoms with Crippen LogP contribution in [0.4, 0.5) is 0 Å². The highest BCUT2D eigenvalue weighted by atomic mass is 16.5. The summed E-state index contributed by atoms with van der Waals surface area (Å²) in [7, 11) is 1.72. The maximum atomic E-state index is 6.69. The lowest BCUT2D eigenvalue weighted by atomic mass is 9.86. The molecule has 1 spiro atoms. The zero-order valence-corrected chi connectivity index (χ0v) is 16.5. The van der Waals surface area contributed by atoms with Crippen LogP contribution >= 0.6 is 0 Å². The Morgan fingerprint density at radius 2 is 1.89 bits per heavy atom. The topological polar surface area (TPSA) is 26.6 Å². The Morgan fingerprint density at radius 1 is 1.04 bits per heavy atom. The van der Waals surface area contributed by atoms with Gasteiger partial charge in [0.15, 0.2) is 5.60 Å². The highest BCUT2D eigenvalue weighted by molar-refractivity contribution is 5.53. The first kappa shape index (κ1) is 17.4. The molecule has 144 valence electrons. The number of hydrogen-bond acceptors (Lipinski definition) is 3. The van der Waals surface area contributed by atoms with Crippen LogP contribution in [0.1, 0.15) is 29.7 Å². The molecular formula is C24H26N2O2. The molecule has 3 aromatic rings. The number of rotatable bonds is 3. The van der Waals surface area contributed by atoms with Gasteiger partial charge >= 0.3 is 0 Å². The Balaban J connectivity index is 1.37. The van der Waals surface area contributed by atoms with E-state index >= 15 is 0 Å². The van der Waals surface area contributed by atoms with E-state index in [9.17, 15) is 0 Å². The molecule has 3 heterocycles. The molecule has 0 N–H and O–H groups in total. The second-order valence-electron chi connectivity index (χ2n) is 7.96. The minimum absolute atomic E-state index is 0.227. The van der Waals surface area contributed by atoms with Crippen molar-refractivity contribution in [2.75, 3.05) is 20.2 Å². The third kappa shape index (κ3) is 2.89. The Kier molecular flexibility index (Phi) is 4.17. The average molecular weight is 374 g/mol. The normalized spacial score (nSPS) is 17.6. The first-order valence-corrected chi connectivity index (χ1v) is 10.0. The van der Waals surface area contributed by atoms with Crippen molar-refractivity contribution in [2.24, 2.45) is 0 Å². The molecule has 2 aliphatic rings. The molecule has 0 bridgehead atoms. The summed E-state index contributed by atoms with van der Waals surface area (Å²) in [5, 5.41) is 0. The first-order valence-electron chi connectivity index (χ1n) is 10.0. The number of likely N-dealkylation sites (tertiary alicyclic amines) is 1. The second-order valence-corrected chi connectivity index (χ2v) is 7.96. The van der Waals surface area contributed by atoms with Crippen molar-refractivity contribution < 1.29 is 9.47 Å². The Bertz CT molecular complexity index is 999. The zero-order valence-electron chi connectivity index (χ0n) is 16.5. The fourth-order valence-electron chi connectivity index (χ4n) is 4.59. The lowest BCUT2D eigenvalue weighted by Crippen LogP contribution is -2.48. The van der Waals surface area contributed by atoms with Crippen molar-refractivity contribution in [1.29, 1.82) is 0 Å². The maximum Gasteiger partial charge on any atom is 0.152 e. The van der Waals surface area contributed by atoms with E-state index in [0.29, 0.717) is 0 Å². The predicted octanol–water partition coefficient (Wildman–Crippen LogP) is 4.68. The van der Waals surface area contributed by atoms with Gasteiger partial charge in [0.2, 0.25) is 0 Å². The molecule has 0 saturated carbocycles. The molecule has 0 atom stereocenters. The number of aromatic nitrogens is 1. The van der Waals surface area contributed by atoms with Crippen molar-refractivity contribution in [3.05, 3.63) is 77.6 Å². The molecule has 0 amide bonds. The van der Waals surface area contributed by atoms with Crippen LogP contribution in [0, 0.1) is 6.92 Å². The van der Waals surface area contributed by atoms with Crippen LogP contribution in [0.15, 0.2) is 60.8 Å². The van der Waals surface area contributed by atoms with Crippen molar-refractivity contribution in [2.45, 2.75) is 31.9 Å². The van der Waals surface area contributed by atoms with Crippen LogP contribution in [0.5, 0.6) is 11.5 Å². The minimum Gasteiger partial charge on any atom is -0.497 e. The fourth-order valence-corrected chi connectivity index (χ4v) is 4.59. The highest BCUT2D eigenvalue weighted by Crippen LogP contribution is 2.45. The van der Waals surface area contributed by atoms with Crippen LogP contribution < -0.4 is 9.47 Å². The summed E-state index contributed by atoms with van der Waals surface area (Å²) in [5.41, 5.74) is 4.74. The van der Waals surface area contributed by atoms with Crippen LogP contribution in [0.2, 0.25) is 0 Å².